The van der Waals surface area contributed by atoms with Crippen LogP contribution in [0.25, 0.3) is 10.9 Å². The molecule has 6 heteroatoms. The van der Waals surface area contributed by atoms with E-state index in [0.717, 1.165) is 10.9 Å². The summed E-state index contributed by atoms with van der Waals surface area (Å²) in [7, 11) is 1.56. The van der Waals surface area contributed by atoms with Crippen LogP contribution in [0, 0.1) is 0 Å². The SMILES string of the molecule is COc1ccccc1C(=O)N1CCN(C(=O)c2ccc3ncccc3c2)CC1. The Kier molecular flexibility index (Phi) is 4.93. The highest BCUT2D eigenvalue weighted by atomic mass is 16.5. The van der Waals surface area contributed by atoms with Crippen LogP contribution in [0.2, 0.25) is 0 Å². The fourth-order valence-electron chi connectivity index (χ4n) is 3.50. The Morgan fingerprint density at radius 1 is 0.893 bits per heavy atom. The van der Waals surface area contributed by atoms with E-state index in [1.165, 1.54) is 0 Å². The number of rotatable bonds is 3. The van der Waals surface area contributed by atoms with E-state index < -0.39 is 0 Å². The highest BCUT2D eigenvalue weighted by molar-refractivity contribution is 5.99. The molecule has 2 amide bonds. The summed E-state index contributed by atoms with van der Waals surface area (Å²) in [6.07, 6.45) is 1.74. The van der Waals surface area contributed by atoms with Crippen molar-refractivity contribution in [3.05, 3.63) is 71.9 Å². The molecule has 0 N–H and O–H groups in total. The van der Waals surface area contributed by atoms with Gasteiger partial charge in [-0.25, -0.2) is 0 Å². The zero-order valence-corrected chi connectivity index (χ0v) is 15.7. The van der Waals surface area contributed by atoms with Gasteiger partial charge in [0, 0.05) is 43.3 Å². The normalized spacial score (nSPS) is 14.2. The molecule has 2 aromatic carbocycles. The quantitative estimate of drug-likeness (QED) is 0.706. The Morgan fingerprint density at radius 2 is 1.61 bits per heavy atom. The summed E-state index contributed by atoms with van der Waals surface area (Å²) in [4.78, 5) is 33.5. The molecule has 0 bridgehead atoms. The molecule has 0 radical (unpaired) electrons. The van der Waals surface area contributed by atoms with Crippen molar-refractivity contribution in [2.75, 3.05) is 33.3 Å². The Balaban J connectivity index is 1.44. The Bertz CT molecular complexity index is 1030. The van der Waals surface area contributed by atoms with Gasteiger partial charge in [-0.1, -0.05) is 18.2 Å². The number of ether oxygens (including phenoxy) is 1. The summed E-state index contributed by atoms with van der Waals surface area (Å²) in [5, 5.41) is 0.943. The van der Waals surface area contributed by atoms with Gasteiger partial charge in [0.05, 0.1) is 18.2 Å². The molecule has 2 heterocycles. The first-order chi connectivity index (χ1) is 13.7. The van der Waals surface area contributed by atoms with E-state index in [1.54, 1.807) is 35.2 Å². The lowest BCUT2D eigenvalue weighted by Crippen LogP contribution is -2.50. The highest BCUT2D eigenvalue weighted by Gasteiger charge is 2.26. The van der Waals surface area contributed by atoms with Crippen LogP contribution in [0.5, 0.6) is 5.75 Å². The average Bonchev–Trinajstić information content (AvgIpc) is 2.77. The van der Waals surface area contributed by atoms with Crippen molar-refractivity contribution < 1.29 is 14.3 Å². The van der Waals surface area contributed by atoms with E-state index in [1.807, 2.05) is 42.5 Å². The standard InChI is InChI=1S/C22H21N3O3/c1-28-20-7-3-2-6-18(20)22(27)25-13-11-24(12-14-25)21(26)17-8-9-19-16(15-17)5-4-10-23-19/h2-10,15H,11-14H2,1H3. The number of hydrogen-bond donors (Lipinski definition) is 0. The van der Waals surface area contributed by atoms with Crippen molar-refractivity contribution >= 4 is 22.7 Å². The molecule has 0 atom stereocenters. The molecule has 1 aliphatic rings. The zero-order chi connectivity index (χ0) is 19.5. The molecule has 0 saturated carbocycles. The second kappa shape index (κ2) is 7.68. The summed E-state index contributed by atoms with van der Waals surface area (Å²) in [5.74, 6) is 0.479. The molecular weight excluding hydrogens is 354 g/mol. The van der Waals surface area contributed by atoms with Crippen molar-refractivity contribution in [1.29, 1.82) is 0 Å². The molecule has 1 fully saturated rings. The lowest BCUT2D eigenvalue weighted by molar-refractivity contribution is 0.0533. The molecule has 0 spiro atoms. The topological polar surface area (TPSA) is 62.7 Å². The zero-order valence-electron chi connectivity index (χ0n) is 15.7. The summed E-state index contributed by atoms with van der Waals surface area (Å²) in [6, 6.07) is 16.6. The third kappa shape index (κ3) is 3.41. The van der Waals surface area contributed by atoms with E-state index in [4.69, 9.17) is 4.74 Å². The van der Waals surface area contributed by atoms with E-state index in [9.17, 15) is 9.59 Å². The first-order valence-corrected chi connectivity index (χ1v) is 9.24. The third-order valence-corrected chi connectivity index (χ3v) is 5.04. The first kappa shape index (κ1) is 18.0. The van der Waals surface area contributed by atoms with Crippen LogP contribution in [0.4, 0.5) is 0 Å². The first-order valence-electron chi connectivity index (χ1n) is 9.24. The number of carbonyl (C=O) groups is 2. The van der Waals surface area contributed by atoms with Crippen molar-refractivity contribution in [2.24, 2.45) is 0 Å². The van der Waals surface area contributed by atoms with Gasteiger partial charge in [0.25, 0.3) is 11.8 Å². The largest absolute Gasteiger partial charge is 0.496 e. The third-order valence-electron chi connectivity index (χ3n) is 5.04. The van der Waals surface area contributed by atoms with Gasteiger partial charge >= 0.3 is 0 Å². The van der Waals surface area contributed by atoms with Crippen LogP contribution < -0.4 is 4.74 Å². The predicted molar refractivity (Wildman–Crippen MR) is 107 cm³/mol. The Morgan fingerprint density at radius 3 is 2.36 bits per heavy atom. The number of benzene rings is 2. The molecule has 4 rings (SSSR count). The number of methoxy groups -OCH3 is 1. The number of nitrogens with zero attached hydrogens (tertiary/aromatic N) is 3. The maximum atomic E-state index is 12.9. The number of aromatic nitrogens is 1. The maximum absolute atomic E-state index is 12.9. The van der Waals surface area contributed by atoms with E-state index >= 15 is 0 Å². The molecule has 6 nitrogen and oxygen atoms in total. The van der Waals surface area contributed by atoms with Gasteiger partial charge in [-0.05, 0) is 36.4 Å². The van der Waals surface area contributed by atoms with Gasteiger partial charge in [-0.3, -0.25) is 14.6 Å². The number of hydrogen-bond acceptors (Lipinski definition) is 4. The van der Waals surface area contributed by atoms with Gasteiger partial charge in [0.1, 0.15) is 5.75 Å². The predicted octanol–water partition coefficient (Wildman–Crippen LogP) is 2.84. The number of piperazine rings is 1. The molecule has 0 unspecified atom stereocenters. The Labute approximate surface area is 163 Å². The molecule has 0 aliphatic carbocycles. The molecule has 142 valence electrons. The summed E-state index contributed by atoms with van der Waals surface area (Å²) >= 11 is 0. The highest BCUT2D eigenvalue weighted by Crippen LogP contribution is 2.21. The fourth-order valence-corrected chi connectivity index (χ4v) is 3.50. The molecule has 1 aliphatic heterocycles. The summed E-state index contributed by atoms with van der Waals surface area (Å²) in [5.41, 5.74) is 2.06. The van der Waals surface area contributed by atoms with Crippen molar-refractivity contribution in [2.45, 2.75) is 0 Å². The molecule has 1 saturated heterocycles. The van der Waals surface area contributed by atoms with Crippen LogP contribution in [0.3, 0.4) is 0 Å². The van der Waals surface area contributed by atoms with E-state index in [0.29, 0.717) is 43.1 Å². The van der Waals surface area contributed by atoms with Crippen LogP contribution >= 0.6 is 0 Å². The van der Waals surface area contributed by atoms with Crippen LogP contribution in [-0.2, 0) is 0 Å². The second-order valence-electron chi connectivity index (χ2n) is 6.70. The smallest absolute Gasteiger partial charge is 0.257 e. The lowest BCUT2D eigenvalue weighted by Gasteiger charge is -2.35. The minimum atomic E-state index is -0.0682. The number of carbonyl (C=O) groups excluding carboxylic acids is 2. The van der Waals surface area contributed by atoms with Crippen molar-refractivity contribution in [3.63, 3.8) is 0 Å². The molecule has 3 aromatic rings. The van der Waals surface area contributed by atoms with Gasteiger partial charge in [-0.2, -0.15) is 0 Å². The second-order valence-corrected chi connectivity index (χ2v) is 6.70. The van der Waals surface area contributed by atoms with E-state index in [2.05, 4.69) is 4.98 Å². The Hall–Kier alpha value is -3.41. The molecular formula is C22H21N3O3. The van der Waals surface area contributed by atoms with Gasteiger partial charge < -0.3 is 14.5 Å². The maximum Gasteiger partial charge on any atom is 0.257 e. The average molecular weight is 375 g/mol. The number of amides is 2. The fraction of sp³-hybridized carbons (Fsp3) is 0.227. The lowest BCUT2D eigenvalue weighted by atomic mass is 10.1. The number of fused-ring (bicyclic) bond motifs is 1. The van der Waals surface area contributed by atoms with Crippen LogP contribution in [0.1, 0.15) is 20.7 Å². The summed E-state index contributed by atoms with van der Waals surface area (Å²) < 4.78 is 5.29. The van der Waals surface area contributed by atoms with Crippen LogP contribution in [-0.4, -0.2) is 59.9 Å². The van der Waals surface area contributed by atoms with Crippen molar-refractivity contribution in [1.82, 2.24) is 14.8 Å². The number of pyridine rings is 1. The van der Waals surface area contributed by atoms with Gasteiger partial charge in [-0.15, -0.1) is 0 Å². The van der Waals surface area contributed by atoms with Crippen LogP contribution in [0.15, 0.2) is 60.8 Å². The monoisotopic (exact) mass is 375 g/mol. The van der Waals surface area contributed by atoms with Gasteiger partial charge in [0.2, 0.25) is 0 Å². The summed E-state index contributed by atoms with van der Waals surface area (Å²) in [6.45, 7) is 2.01. The van der Waals surface area contributed by atoms with Crippen molar-refractivity contribution in [3.8, 4) is 5.75 Å². The molecule has 1 aromatic heterocycles. The van der Waals surface area contributed by atoms with E-state index in [-0.39, 0.29) is 11.8 Å². The molecule has 28 heavy (non-hydrogen) atoms. The number of para-hydroxylation sites is 1. The minimum Gasteiger partial charge on any atom is -0.496 e. The van der Waals surface area contributed by atoms with Gasteiger partial charge in [0.15, 0.2) is 0 Å². The minimum absolute atomic E-state index is 0.0184.